The van der Waals surface area contributed by atoms with E-state index in [-0.39, 0.29) is 0 Å². The second-order valence-electron chi connectivity index (χ2n) is 4.60. The van der Waals surface area contributed by atoms with E-state index in [0.29, 0.717) is 0 Å². The van der Waals surface area contributed by atoms with Crippen molar-refractivity contribution in [2.75, 3.05) is 0 Å². The summed E-state index contributed by atoms with van der Waals surface area (Å²) in [7, 11) is 0. The van der Waals surface area contributed by atoms with Gasteiger partial charge in [0.1, 0.15) is 0 Å². The minimum atomic E-state index is 1.19. The zero-order valence-electron chi connectivity index (χ0n) is 13.0. The second-order valence-corrected chi connectivity index (χ2v) is 4.60. The minimum Gasteiger partial charge on any atom is -0.0683 e. The van der Waals surface area contributed by atoms with E-state index >= 15 is 0 Å². The molecule has 0 amide bonds. The average Bonchev–Trinajstić information content (AvgIpc) is 2.57. The largest absolute Gasteiger partial charge is 0.0683 e. The van der Waals surface area contributed by atoms with Gasteiger partial charge in [0.25, 0.3) is 0 Å². The van der Waals surface area contributed by atoms with E-state index in [1.54, 1.807) is 0 Å². The van der Waals surface area contributed by atoms with Crippen molar-refractivity contribution >= 4 is 21.5 Å². The number of hydrogen-bond donors (Lipinski definition) is 0. The van der Waals surface area contributed by atoms with Crippen LogP contribution in [-0.2, 0) is 12.8 Å². The van der Waals surface area contributed by atoms with E-state index in [9.17, 15) is 0 Å². The molecule has 0 saturated carbocycles. The molecule has 0 nitrogen and oxygen atoms in total. The predicted molar refractivity (Wildman–Crippen MR) is 91.6 cm³/mol. The summed E-state index contributed by atoms with van der Waals surface area (Å²) in [6, 6.07) is 17.8. The van der Waals surface area contributed by atoms with Crippen molar-refractivity contribution in [2.45, 2.75) is 40.5 Å². The summed E-state index contributed by atoms with van der Waals surface area (Å²) in [5.41, 5.74) is 3.03. The highest BCUT2D eigenvalue weighted by atomic mass is 14.2. The third-order valence-electron chi connectivity index (χ3n) is 3.72. The fourth-order valence-corrected chi connectivity index (χ4v) is 2.99. The van der Waals surface area contributed by atoms with Gasteiger partial charge < -0.3 is 0 Å². The molecule has 0 aliphatic heterocycles. The van der Waals surface area contributed by atoms with E-state index in [1.165, 1.54) is 45.5 Å². The van der Waals surface area contributed by atoms with Crippen LogP contribution >= 0.6 is 0 Å². The first-order valence-corrected chi connectivity index (χ1v) is 7.86. The third-order valence-corrected chi connectivity index (χ3v) is 3.72. The standard InChI is InChI=1S/C16H12.2C2H6/c1-3-11-7-9-13-5-2-6-14-10-8-12(4-1)15(11)16(13)14;2*1-2/h1-7,9H,8,10H2;2*1-2H3. The lowest BCUT2D eigenvalue weighted by Gasteiger charge is -2.18. The molecule has 1 aliphatic rings. The zero-order valence-corrected chi connectivity index (χ0v) is 13.0. The number of aryl methyl sites for hydroxylation is 2. The van der Waals surface area contributed by atoms with E-state index in [0.717, 1.165) is 0 Å². The van der Waals surface area contributed by atoms with Crippen LogP contribution in [0.1, 0.15) is 38.8 Å². The lowest BCUT2D eigenvalue weighted by Crippen LogP contribution is -2.00. The molecule has 0 aromatic heterocycles. The maximum absolute atomic E-state index is 2.28. The van der Waals surface area contributed by atoms with E-state index in [4.69, 9.17) is 0 Å². The Morgan fingerprint density at radius 1 is 0.550 bits per heavy atom. The fraction of sp³-hybridized carbons (Fsp3) is 0.300. The van der Waals surface area contributed by atoms with Crippen molar-refractivity contribution in [1.82, 2.24) is 0 Å². The third kappa shape index (κ3) is 2.31. The maximum atomic E-state index is 2.28. The van der Waals surface area contributed by atoms with E-state index in [1.807, 2.05) is 27.7 Å². The highest BCUT2D eigenvalue weighted by molar-refractivity contribution is 6.11. The lowest BCUT2D eigenvalue weighted by molar-refractivity contribution is 0.968. The first-order valence-electron chi connectivity index (χ1n) is 7.86. The monoisotopic (exact) mass is 264 g/mol. The van der Waals surface area contributed by atoms with Gasteiger partial charge in [-0.05, 0) is 45.5 Å². The van der Waals surface area contributed by atoms with Crippen LogP contribution in [0.5, 0.6) is 0 Å². The van der Waals surface area contributed by atoms with Crippen molar-refractivity contribution < 1.29 is 0 Å². The summed E-state index contributed by atoms with van der Waals surface area (Å²) >= 11 is 0. The Labute approximate surface area is 122 Å². The van der Waals surface area contributed by atoms with Gasteiger partial charge in [0, 0.05) is 0 Å². The van der Waals surface area contributed by atoms with E-state index < -0.39 is 0 Å². The highest BCUT2D eigenvalue weighted by Gasteiger charge is 2.13. The summed E-state index contributed by atoms with van der Waals surface area (Å²) < 4.78 is 0. The highest BCUT2D eigenvalue weighted by Crippen LogP contribution is 2.35. The molecule has 104 valence electrons. The molecule has 0 heterocycles. The maximum Gasteiger partial charge on any atom is -0.00704 e. The summed E-state index contributed by atoms with van der Waals surface area (Å²) in [6.07, 6.45) is 2.38. The van der Waals surface area contributed by atoms with Gasteiger partial charge in [-0.1, -0.05) is 76.2 Å². The molecule has 0 fully saturated rings. The Morgan fingerprint density at radius 3 is 1.35 bits per heavy atom. The molecule has 3 aromatic carbocycles. The Kier molecular flexibility index (Phi) is 4.79. The van der Waals surface area contributed by atoms with Crippen molar-refractivity contribution in [3.05, 3.63) is 59.7 Å². The zero-order chi connectivity index (χ0) is 14.5. The average molecular weight is 264 g/mol. The SMILES string of the molecule is CC.CC.c1cc2c3c(c1)ccc1cccc(c13)CC2. The van der Waals surface area contributed by atoms with Gasteiger partial charge in [-0.15, -0.1) is 0 Å². The lowest BCUT2D eigenvalue weighted by atomic mass is 9.86. The molecular formula is C20H24. The van der Waals surface area contributed by atoms with Gasteiger partial charge in [0.05, 0.1) is 0 Å². The fourth-order valence-electron chi connectivity index (χ4n) is 2.99. The van der Waals surface area contributed by atoms with Crippen molar-refractivity contribution in [3.63, 3.8) is 0 Å². The Hall–Kier alpha value is -1.82. The molecule has 0 N–H and O–H groups in total. The molecular weight excluding hydrogens is 240 g/mol. The van der Waals surface area contributed by atoms with Crippen LogP contribution in [0.25, 0.3) is 21.5 Å². The van der Waals surface area contributed by atoms with Crippen LogP contribution in [0, 0.1) is 0 Å². The molecule has 1 aliphatic carbocycles. The summed E-state index contributed by atoms with van der Waals surface area (Å²) in [4.78, 5) is 0. The normalized spacial score (nSPS) is 11.6. The molecule has 0 radical (unpaired) electrons. The van der Waals surface area contributed by atoms with Gasteiger partial charge in [0.15, 0.2) is 0 Å². The van der Waals surface area contributed by atoms with Crippen LogP contribution in [0.3, 0.4) is 0 Å². The number of benzene rings is 3. The smallest absolute Gasteiger partial charge is 0.00704 e. The molecule has 3 aromatic rings. The Bertz CT molecular complexity index is 645. The second kappa shape index (κ2) is 6.56. The summed E-state index contributed by atoms with van der Waals surface area (Å²) in [5.74, 6) is 0. The minimum absolute atomic E-state index is 1.19. The van der Waals surface area contributed by atoms with Crippen molar-refractivity contribution in [3.8, 4) is 0 Å². The summed E-state index contributed by atoms with van der Waals surface area (Å²) in [5, 5.41) is 5.75. The molecule has 0 atom stereocenters. The van der Waals surface area contributed by atoms with Crippen LogP contribution in [-0.4, -0.2) is 0 Å². The van der Waals surface area contributed by atoms with Crippen LogP contribution < -0.4 is 0 Å². The first kappa shape index (κ1) is 14.6. The van der Waals surface area contributed by atoms with Crippen LogP contribution in [0.4, 0.5) is 0 Å². The molecule has 0 unspecified atom stereocenters. The number of hydrogen-bond acceptors (Lipinski definition) is 0. The molecule has 0 spiro atoms. The van der Waals surface area contributed by atoms with Gasteiger partial charge in [-0.25, -0.2) is 0 Å². The predicted octanol–water partition coefficient (Wildman–Crippen LogP) is 6.14. The first-order chi connectivity index (χ1) is 9.93. The molecule has 0 heteroatoms. The molecule has 4 rings (SSSR count). The Morgan fingerprint density at radius 2 is 0.950 bits per heavy atom. The number of rotatable bonds is 0. The van der Waals surface area contributed by atoms with Crippen LogP contribution in [0.15, 0.2) is 48.5 Å². The molecule has 0 bridgehead atoms. The van der Waals surface area contributed by atoms with Gasteiger partial charge in [-0.2, -0.15) is 0 Å². The molecule has 20 heavy (non-hydrogen) atoms. The van der Waals surface area contributed by atoms with Crippen molar-refractivity contribution in [2.24, 2.45) is 0 Å². The van der Waals surface area contributed by atoms with Gasteiger partial charge in [-0.3, -0.25) is 0 Å². The van der Waals surface area contributed by atoms with Gasteiger partial charge in [0.2, 0.25) is 0 Å². The van der Waals surface area contributed by atoms with Crippen LogP contribution in [0.2, 0.25) is 0 Å². The Balaban J connectivity index is 0.000000340. The van der Waals surface area contributed by atoms with E-state index in [2.05, 4.69) is 48.5 Å². The van der Waals surface area contributed by atoms with Gasteiger partial charge >= 0.3 is 0 Å². The van der Waals surface area contributed by atoms with Crippen molar-refractivity contribution in [1.29, 1.82) is 0 Å². The summed E-state index contributed by atoms with van der Waals surface area (Å²) in [6.45, 7) is 8.00. The quantitative estimate of drug-likeness (QED) is 0.427. The topological polar surface area (TPSA) is 0 Å². The molecule has 0 saturated heterocycles.